The SMILES string of the molecule is N#C[C@H]1C[C@@H](NCC2CC2)CC[C@@H]1n1cc(C(N)=O)c(NC2=CC=C(C(F)(F)F)CC2)n1. The fourth-order valence-corrected chi connectivity index (χ4v) is 4.41. The molecule has 32 heavy (non-hydrogen) atoms. The van der Waals surface area contributed by atoms with Crippen LogP contribution in [0.2, 0.25) is 0 Å². The van der Waals surface area contributed by atoms with E-state index in [0.29, 0.717) is 18.2 Å². The number of nitriles is 1. The number of hydrogen-bond acceptors (Lipinski definition) is 5. The number of amides is 1. The van der Waals surface area contributed by atoms with Gasteiger partial charge in [-0.05, 0) is 63.5 Å². The molecule has 1 amide bonds. The third-order valence-corrected chi connectivity index (χ3v) is 6.50. The highest BCUT2D eigenvalue weighted by Crippen LogP contribution is 2.36. The van der Waals surface area contributed by atoms with Crippen molar-refractivity contribution in [2.45, 2.75) is 63.2 Å². The number of nitrogens with one attached hydrogen (secondary N) is 2. The van der Waals surface area contributed by atoms with Crippen LogP contribution in [0.15, 0.2) is 29.6 Å². The molecule has 2 fully saturated rings. The fourth-order valence-electron chi connectivity index (χ4n) is 4.41. The van der Waals surface area contributed by atoms with E-state index in [0.717, 1.165) is 31.4 Å². The molecule has 1 heterocycles. The second-order valence-electron chi connectivity index (χ2n) is 8.91. The Morgan fingerprint density at radius 2 is 2.03 bits per heavy atom. The topological polar surface area (TPSA) is 109 Å². The van der Waals surface area contributed by atoms with Gasteiger partial charge in [-0.2, -0.15) is 23.5 Å². The molecule has 2 saturated carbocycles. The molecule has 3 aliphatic carbocycles. The van der Waals surface area contributed by atoms with E-state index in [1.54, 1.807) is 4.68 Å². The number of carbonyl (C=O) groups excluding carboxylic acids is 1. The molecule has 3 atom stereocenters. The lowest BCUT2D eigenvalue weighted by Crippen LogP contribution is -2.39. The molecule has 172 valence electrons. The van der Waals surface area contributed by atoms with Crippen LogP contribution >= 0.6 is 0 Å². The van der Waals surface area contributed by atoms with Crippen LogP contribution in [0.25, 0.3) is 0 Å². The molecule has 0 bridgehead atoms. The number of alkyl halides is 3. The Kier molecular flexibility index (Phi) is 6.29. The van der Waals surface area contributed by atoms with Crippen molar-refractivity contribution in [3.8, 4) is 6.07 Å². The Bertz CT molecular complexity index is 969. The van der Waals surface area contributed by atoms with Gasteiger partial charge in [0.2, 0.25) is 0 Å². The van der Waals surface area contributed by atoms with E-state index >= 15 is 0 Å². The van der Waals surface area contributed by atoms with Crippen LogP contribution in [0, 0.1) is 23.2 Å². The summed E-state index contributed by atoms with van der Waals surface area (Å²) in [6, 6.07) is 2.48. The van der Waals surface area contributed by atoms with E-state index in [2.05, 4.69) is 21.8 Å². The zero-order valence-electron chi connectivity index (χ0n) is 17.7. The molecule has 1 aromatic heterocycles. The van der Waals surface area contributed by atoms with Gasteiger partial charge in [-0.3, -0.25) is 9.48 Å². The van der Waals surface area contributed by atoms with E-state index in [1.165, 1.54) is 25.1 Å². The summed E-state index contributed by atoms with van der Waals surface area (Å²) >= 11 is 0. The van der Waals surface area contributed by atoms with E-state index in [1.807, 2.05) is 0 Å². The van der Waals surface area contributed by atoms with Crippen LogP contribution in [0.3, 0.4) is 0 Å². The van der Waals surface area contributed by atoms with Gasteiger partial charge in [0.25, 0.3) is 5.91 Å². The van der Waals surface area contributed by atoms with Gasteiger partial charge in [0.1, 0.15) is 5.56 Å². The first-order valence-electron chi connectivity index (χ1n) is 11.0. The van der Waals surface area contributed by atoms with Crippen molar-refractivity contribution in [2.24, 2.45) is 17.6 Å². The van der Waals surface area contributed by atoms with Crippen LogP contribution in [0.1, 0.15) is 61.3 Å². The number of hydrogen-bond donors (Lipinski definition) is 3. The lowest BCUT2D eigenvalue weighted by Gasteiger charge is -2.33. The number of aromatic nitrogens is 2. The average Bonchev–Trinajstić information content (AvgIpc) is 3.50. The van der Waals surface area contributed by atoms with Crippen molar-refractivity contribution in [1.29, 1.82) is 5.26 Å². The minimum absolute atomic E-state index is 0.148. The van der Waals surface area contributed by atoms with E-state index in [4.69, 9.17) is 5.73 Å². The third-order valence-electron chi connectivity index (χ3n) is 6.50. The maximum absolute atomic E-state index is 12.8. The van der Waals surface area contributed by atoms with Gasteiger partial charge < -0.3 is 16.4 Å². The Hall–Kier alpha value is -2.80. The molecule has 0 radical (unpaired) electrons. The molecular weight excluding hydrogens is 421 g/mol. The second kappa shape index (κ2) is 8.98. The first kappa shape index (κ1) is 22.4. The molecule has 3 aliphatic rings. The zero-order chi connectivity index (χ0) is 22.9. The summed E-state index contributed by atoms with van der Waals surface area (Å²) < 4.78 is 40.1. The Balaban J connectivity index is 1.48. The van der Waals surface area contributed by atoms with Crippen molar-refractivity contribution >= 4 is 11.7 Å². The predicted octanol–water partition coefficient (Wildman–Crippen LogP) is 3.79. The van der Waals surface area contributed by atoms with Crippen molar-refractivity contribution in [3.63, 3.8) is 0 Å². The standard InChI is InChI=1S/C22H27F3N6O/c23-22(24,25)15-3-5-16(6-4-15)29-21-18(20(27)32)12-31(30-21)19-8-7-17(9-14(19)10-26)28-11-13-1-2-13/h3,5,12-14,17,19,28H,1-2,4,6-9,11H2,(H2,27,32)(H,29,30)/t14-,17+,19+/m1/s1. The van der Waals surface area contributed by atoms with Gasteiger partial charge >= 0.3 is 6.18 Å². The number of primary amides is 1. The smallest absolute Gasteiger partial charge is 0.365 e. The Morgan fingerprint density at radius 3 is 2.62 bits per heavy atom. The Labute approximate surface area is 184 Å². The molecule has 0 unspecified atom stereocenters. The summed E-state index contributed by atoms with van der Waals surface area (Å²) in [5.74, 6) is 0.0237. The van der Waals surface area contributed by atoms with Gasteiger partial charge in [-0.15, -0.1) is 0 Å². The van der Waals surface area contributed by atoms with Gasteiger partial charge in [0.05, 0.1) is 18.0 Å². The maximum Gasteiger partial charge on any atom is 0.412 e. The molecule has 0 saturated heterocycles. The molecule has 4 N–H and O–H groups in total. The summed E-state index contributed by atoms with van der Waals surface area (Å²) in [6.45, 7) is 0.995. The average molecular weight is 448 g/mol. The predicted molar refractivity (Wildman–Crippen MR) is 112 cm³/mol. The largest absolute Gasteiger partial charge is 0.412 e. The Morgan fingerprint density at radius 1 is 1.25 bits per heavy atom. The van der Waals surface area contributed by atoms with Crippen LogP contribution in [-0.4, -0.2) is 34.5 Å². The number of rotatable bonds is 7. The lowest BCUT2D eigenvalue weighted by molar-refractivity contribution is -0.0941. The number of anilines is 1. The van der Waals surface area contributed by atoms with Gasteiger partial charge in [-0.1, -0.05) is 6.08 Å². The van der Waals surface area contributed by atoms with Crippen molar-refractivity contribution in [2.75, 3.05) is 11.9 Å². The monoisotopic (exact) mass is 448 g/mol. The lowest BCUT2D eigenvalue weighted by atomic mass is 9.82. The first-order valence-corrected chi connectivity index (χ1v) is 11.0. The van der Waals surface area contributed by atoms with E-state index in [-0.39, 0.29) is 36.2 Å². The van der Waals surface area contributed by atoms with Crippen molar-refractivity contribution < 1.29 is 18.0 Å². The number of nitrogens with two attached hydrogens (primary N) is 1. The van der Waals surface area contributed by atoms with E-state index in [9.17, 15) is 23.2 Å². The van der Waals surface area contributed by atoms with Gasteiger partial charge in [-0.25, -0.2) is 0 Å². The van der Waals surface area contributed by atoms with Crippen molar-refractivity contribution in [1.82, 2.24) is 15.1 Å². The summed E-state index contributed by atoms with van der Waals surface area (Å²) in [5.41, 5.74) is 5.61. The highest BCUT2D eigenvalue weighted by molar-refractivity contribution is 5.97. The van der Waals surface area contributed by atoms with Crippen LogP contribution in [0.5, 0.6) is 0 Å². The number of carbonyl (C=O) groups is 1. The summed E-state index contributed by atoms with van der Waals surface area (Å²) in [4.78, 5) is 12.0. The quantitative estimate of drug-likeness (QED) is 0.588. The molecular formula is C22H27F3N6O. The maximum atomic E-state index is 12.8. The fraction of sp³-hybridized carbons (Fsp3) is 0.591. The highest BCUT2D eigenvalue weighted by atomic mass is 19.4. The van der Waals surface area contributed by atoms with Crippen LogP contribution < -0.4 is 16.4 Å². The molecule has 0 spiro atoms. The third kappa shape index (κ3) is 5.15. The van der Waals surface area contributed by atoms with Crippen LogP contribution in [-0.2, 0) is 0 Å². The van der Waals surface area contributed by atoms with Crippen molar-refractivity contribution in [3.05, 3.63) is 35.2 Å². The molecule has 0 aromatic carbocycles. The first-order chi connectivity index (χ1) is 15.2. The normalized spacial score (nSPS) is 26.1. The highest BCUT2D eigenvalue weighted by Gasteiger charge is 2.35. The van der Waals surface area contributed by atoms with Gasteiger partial charge in [0.15, 0.2) is 5.82 Å². The van der Waals surface area contributed by atoms with Crippen LogP contribution in [0.4, 0.5) is 19.0 Å². The van der Waals surface area contributed by atoms with Gasteiger partial charge in [0, 0.05) is 23.5 Å². The van der Waals surface area contributed by atoms with E-state index < -0.39 is 17.7 Å². The summed E-state index contributed by atoms with van der Waals surface area (Å²) in [6.07, 6.45) is 4.47. The second-order valence-corrected chi connectivity index (χ2v) is 8.91. The minimum atomic E-state index is -4.35. The molecule has 0 aliphatic heterocycles. The summed E-state index contributed by atoms with van der Waals surface area (Å²) in [5, 5.41) is 20.7. The number of halogens is 3. The number of nitrogens with zero attached hydrogens (tertiary/aromatic N) is 3. The molecule has 7 nitrogen and oxygen atoms in total. The zero-order valence-corrected chi connectivity index (χ0v) is 17.7. The molecule has 1 aromatic rings. The molecule has 4 rings (SSSR count). The minimum Gasteiger partial charge on any atom is -0.365 e. The summed E-state index contributed by atoms with van der Waals surface area (Å²) in [7, 11) is 0. The molecule has 10 heteroatoms. The number of allylic oxidation sites excluding steroid dienone is 4.